The van der Waals surface area contributed by atoms with Crippen LogP contribution in [0.2, 0.25) is 0 Å². The molecule has 1 N–H and O–H groups in total. The molecule has 0 aliphatic heterocycles. The van der Waals surface area contributed by atoms with E-state index in [4.69, 9.17) is 0 Å². The van der Waals surface area contributed by atoms with E-state index in [-0.39, 0.29) is 0 Å². The Hall–Kier alpha value is -1.54. The first-order chi connectivity index (χ1) is 6.93. The van der Waals surface area contributed by atoms with E-state index in [1.165, 1.54) is 22.0 Å². The van der Waals surface area contributed by atoms with Gasteiger partial charge in [-0.1, -0.05) is 12.1 Å². The van der Waals surface area contributed by atoms with Crippen LogP contribution in [0.25, 0.3) is 22.0 Å². The van der Waals surface area contributed by atoms with Crippen LogP contribution >= 0.6 is 11.3 Å². The van der Waals surface area contributed by atoms with Gasteiger partial charge in [-0.3, -0.25) is 0 Å². The molecule has 3 rings (SSSR count). The summed E-state index contributed by atoms with van der Waals surface area (Å²) < 4.78 is 0. The van der Waals surface area contributed by atoms with Gasteiger partial charge in [0.25, 0.3) is 0 Å². The summed E-state index contributed by atoms with van der Waals surface area (Å²) in [6, 6.07) is 10.7. The minimum absolute atomic E-state index is 1.20. The average molecular weight is 199 g/mol. The van der Waals surface area contributed by atoms with Crippen LogP contribution in [0, 0.1) is 0 Å². The van der Waals surface area contributed by atoms with Crippen LogP contribution in [0.4, 0.5) is 0 Å². The second-order valence-electron chi connectivity index (χ2n) is 3.29. The number of H-pyrrole nitrogens is 1. The largest absolute Gasteiger partial charge is 0.361 e. The number of fused-ring (bicyclic) bond motifs is 1. The van der Waals surface area contributed by atoms with Crippen molar-refractivity contribution in [3.8, 4) is 11.1 Å². The fourth-order valence-corrected chi connectivity index (χ4v) is 2.32. The van der Waals surface area contributed by atoms with Gasteiger partial charge in [0.05, 0.1) is 0 Å². The van der Waals surface area contributed by atoms with Gasteiger partial charge in [0.2, 0.25) is 0 Å². The summed E-state index contributed by atoms with van der Waals surface area (Å²) in [6.07, 6.45) is 1.97. The summed E-state index contributed by atoms with van der Waals surface area (Å²) in [4.78, 5) is 3.23. The van der Waals surface area contributed by atoms with Gasteiger partial charge in [0, 0.05) is 11.7 Å². The minimum atomic E-state index is 1.20. The standard InChI is InChI=1S/C12H9NS/c1-2-10(11-4-6-14-8-11)7-12-9(1)3-5-13-12/h1-8,13H. The van der Waals surface area contributed by atoms with Crippen LogP contribution < -0.4 is 0 Å². The fraction of sp³-hybridized carbons (Fsp3) is 0. The van der Waals surface area contributed by atoms with Gasteiger partial charge in [-0.05, 0) is 45.5 Å². The molecule has 0 aliphatic rings. The number of nitrogens with one attached hydrogen (secondary N) is 1. The molecule has 0 bridgehead atoms. The summed E-state index contributed by atoms with van der Waals surface area (Å²) in [5, 5.41) is 5.54. The molecule has 0 amide bonds. The van der Waals surface area contributed by atoms with E-state index < -0.39 is 0 Å². The van der Waals surface area contributed by atoms with Crippen LogP contribution in [0.1, 0.15) is 0 Å². The lowest BCUT2D eigenvalue weighted by Crippen LogP contribution is -1.73. The molecule has 0 saturated heterocycles. The SMILES string of the molecule is c1cc2ccc(-c3ccsc3)cc2[nH]1. The number of hydrogen-bond acceptors (Lipinski definition) is 1. The van der Waals surface area contributed by atoms with E-state index in [0.717, 1.165) is 0 Å². The molecule has 2 aromatic heterocycles. The maximum Gasteiger partial charge on any atom is 0.0460 e. The zero-order valence-electron chi connectivity index (χ0n) is 7.53. The van der Waals surface area contributed by atoms with Crippen molar-refractivity contribution in [2.24, 2.45) is 0 Å². The molecule has 0 spiro atoms. The maximum atomic E-state index is 3.23. The Morgan fingerprint density at radius 3 is 2.86 bits per heavy atom. The summed E-state index contributed by atoms with van der Waals surface area (Å²) in [7, 11) is 0. The van der Waals surface area contributed by atoms with Crippen molar-refractivity contribution >= 4 is 22.2 Å². The highest BCUT2D eigenvalue weighted by Gasteiger charge is 1.99. The van der Waals surface area contributed by atoms with Crippen LogP contribution in [0.15, 0.2) is 47.3 Å². The van der Waals surface area contributed by atoms with Gasteiger partial charge in [0.1, 0.15) is 0 Å². The first-order valence-electron chi connectivity index (χ1n) is 4.53. The van der Waals surface area contributed by atoms with Crippen LogP contribution in [0.3, 0.4) is 0 Å². The van der Waals surface area contributed by atoms with Gasteiger partial charge in [-0.2, -0.15) is 11.3 Å². The first-order valence-corrected chi connectivity index (χ1v) is 5.47. The van der Waals surface area contributed by atoms with Gasteiger partial charge in [0.15, 0.2) is 0 Å². The molecule has 1 aromatic carbocycles. The lowest BCUT2D eigenvalue weighted by Gasteiger charge is -1.97. The van der Waals surface area contributed by atoms with E-state index in [9.17, 15) is 0 Å². The van der Waals surface area contributed by atoms with Gasteiger partial charge in [-0.15, -0.1) is 0 Å². The number of rotatable bonds is 1. The van der Waals surface area contributed by atoms with E-state index in [2.05, 4.69) is 46.1 Å². The van der Waals surface area contributed by atoms with Crippen molar-refractivity contribution in [3.63, 3.8) is 0 Å². The number of hydrogen-bond donors (Lipinski definition) is 1. The highest BCUT2D eigenvalue weighted by atomic mass is 32.1. The molecule has 0 unspecified atom stereocenters. The number of aromatic amines is 1. The average Bonchev–Trinajstić information content (AvgIpc) is 2.88. The third-order valence-electron chi connectivity index (χ3n) is 2.41. The summed E-state index contributed by atoms with van der Waals surface area (Å²) >= 11 is 1.73. The van der Waals surface area contributed by atoms with Crippen molar-refractivity contribution in [2.45, 2.75) is 0 Å². The first kappa shape index (κ1) is 7.83. The minimum Gasteiger partial charge on any atom is -0.361 e. The summed E-state index contributed by atoms with van der Waals surface area (Å²) in [6.45, 7) is 0. The monoisotopic (exact) mass is 199 g/mol. The molecule has 0 atom stereocenters. The molecule has 2 heteroatoms. The second kappa shape index (κ2) is 3.00. The molecule has 0 aliphatic carbocycles. The van der Waals surface area contributed by atoms with Crippen molar-refractivity contribution in [1.82, 2.24) is 4.98 Å². The second-order valence-corrected chi connectivity index (χ2v) is 4.07. The van der Waals surface area contributed by atoms with Crippen LogP contribution in [0.5, 0.6) is 0 Å². The Balaban J connectivity index is 2.23. The highest BCUT2D eigenvalue weighted by molar-refractivity contribution is 7.08. The molecular weight excluding hydrogens is 190 g/mol. The maximum absolute atomic E-state index is 3.23. The van der Waals surface area contributed by atoms with Crippen LogP contribution in [-0.2, 0) is 0 Å². The van der Waals surface area contributed by atoms with Crippen molar-refractivity contribution in [2.75, 3.05) is 0 Å². The van der Waals surface area contributed by atoms with E-state index in [1.807, 2.05) is 6.20 Å². The molecule has 1 nitrogen and oxygen atoms in total. The van der Waals surface area contributed by atoms with Gasteiger partial charge >= 0.3 is 0 Å². The zero-order chi connectivity index (χ0) is 9.38. The topological polar surface area (TPSA) is 15.8 Å². The predicted molar refractivity (Wildman–Crippen MR) is 61.6 cm³/mol. The Morgan fingerprint density at radius 1 is 1.00 bits per heavy atom. The normalized spacial score (nSPS) is 10.9. The number of thiophene rings is 1. The smallest absolute Gasteiger partial charge is 0.0460 e. The Morgan fingerprint density at radius 2 is 2.00 bits per heavy atom. The molecule has 3 aromatic rings. The van der Waals surface area contributed by atoms with Gasteiger partial charge < -0.3 is 4.98 Å². The van der Waals surface area contributed by atoms with E-state index >= 15 is 0 Å². The fourth-order valence-electron chi connectivity index (χ4n) is 1.66. The van der Waals surface area contributed by atoms with Crippen molar-refractivity contribution < 1.29 is 0 Å². The Kier molecular flexibility index (Phi) is 1.67. The van der Waals surface area contributed by atoms with E-state index in [0.29, 0.717) is 0 Å². The lowest BCUT2D eigenvalue weighted by molar-refractivity contribution is 1.48. The summed E-state index contributed by atoms with van der Waals surface area (Å²) in [5.41, 5.74) is 3.78. The molecule has 0 fully saturated rings. The Bertz CT molecular complexity index is 548. The molecule has 68 valence electrons. The van der Waals surface area contributed by atoms with Crippen LogP contribution in [-0.4, -0.2) is 4.98 Å². The third kappa shape index (κ3) is 1.16. The number of aromatic nitrogens is 1. The van der Waals surface area contributed by atoms with Gasteiger partial charge in [-0.25, -0.2) is 0 Å². The highest BCUT2D eigenvalue weighted by Crippen LogP contribution is 2.25. The predicted octanol–water partition coefficient (Wildman–Crippen LogP) is 3.90. The summed E-state index contributed by atoms with van der Waals surface area (Å²) in [5.74, 6) is 0. The molecule has 14 heavy (non-hydrogen) atoms. The van der Waals surface area contributed by atoms with E-state index in [1.54, 1.807) is 11.3 Å². The lowest BCUT2D eigenvalue weighted by atomic mass is 10.1. The third-order valence-corrected chi connectivity index (χ3v) is 3.09. The molecular formula is C12H9NS. The molecule has 0 saturated carbocycles. The molecule has 2 heterocycles. The zero-order valence-corrected chi connectivity index (χ0v) is 8.34. The number of benzene rings is 1. The molecule has 0 radical (unpaired) electrons. The van der Waals surface area contributed by atoms with Crippen molar-refractivity contribution in [3.05, 3.63) is 47.3 Å². The van der Waals surface area contributed by atoms with Crippen molar-refractivity contribution in [1.29, 1.82) is 0 Å². The quantitative estimate of drug-likeness (QED) is 0.612. The Labute approximate surface area is 86.0 Å².